The molecular weight excluding hydrogens is 302 g/mol. The third-order valence-corrected chi connectivity index (χ3v) is 4.60. The molecule has 1 aliphatic heterocycles. The van der Waals surface area contributed by atoms with Gasteiger partial charge < -0.3 is 9.80 Å². The van der Waals surface area contributed by atoms with E-state index in [2.05, 4.69) is 30.9 Å². The highest BCUT2D eigenvalue weighted by atomic mass is 16.2. The number of carbonyl (C=O) groups is 2. The fourth-order valence-corrected chi connectivity index (χ4v) is 3.02. The van der Waals surface area contributed by atoms with E-state index < -0.39 is 0 Å². The van der Waals surface area contributed by atoms with Crippen molar-refractivity contribution in [2.45, 2.75) is 39.8 Å². The first kappa shape index (κ1) is 18.5. The largest absolute Gasteiger partial charge is 0.340 e. The van der Waals surface area contributed by atoms with Crippen LogP contribution in [0.4, 0.5) is 0 Å². The Balaban J connectivity index is 1.82. The Morgan fingerprint density at radius 1 is 1.08 bits per heavy atom. The lowest BCUT2D eigenvalue weighted by atomic mass is 10.1. The van der Waals surface area contributed by atoms with Gasteiger partial charge in [-0.2, -0.15) is 0 Å². The Kier molecular flexibility index (Phi) is 6.79. The average molecular weight is 331 g/mol. The Bertz CT molecular complexity index is 537. The van der Waals surface area contributed by atoms with E-state index in [1.54, 1.807) is 6.92 Å². The summed E-state index contributed by atoms with van der Waals surface area (Å²) in [5.41, 5.74) is 1.16. The Hall–Kier alpha value is -1.88. The summed E-state index contributed by atoms with van der Waals surface area (Å²) in [6.45, 7) is 10.4. The maximum absolute atomic E-state index is 12.6. The maximum atomic E-state index is 12.6. The van der Waals surface area contributed by atoms with Crippen LogP contribution in [0.2, 0.25) is 0 Å². The Morgan fingerprint density at radius 3 is 2.25 bits per heavy atom. The van der Waals surface area contributed by atoms with Crippen LogP contribution >= 0.6 is 0 Å². The minimum atomic E-state index is 0.138. The van der Waals surface area contributed by atoms with Gasteiger partial charge in [0.05, 0.1) is 0 Å². The number of rotatable bonds is 6. The Labute approximate surface area is 145 Å². The van der Waals surface area contributed by atoms with Crippen LogP contribution in [-0.2, 0) is 16.1 Å². The van der Waals surface area contributed by atoms with Gasteiger partial charge in [-0.1, -0.05) is 30.3 Å². The van der Waals surface area contributed by atoms with E-state index in [1.807, 2.05) is 28.0 Å². The molecule has 0 unspecified atom stereocenters. The van der Waals surface area contributed by atoms with E-state index in [0.29, 0.717) is 13.0 Å². The summed E-state index contributed by atoms with van der Waals surface area (Å²) in [5.74, 6) is 0.336. The minimum absolute atomic E-state index is 0.138. The first-order valence-electron chi connectivity index (χ1n) is 8.78. The SMILES string of the molecule is CC(=O)N1CCN(CCC(=O)N(Cc2ccccc2)C(C)C)CC1. The van der Waals surface area contributed by atoms with E-state index in [-0.39, 0.29) is 17.9 Å². The molecule has 2 rings (SSSR count). The first-order valence-corrected chi connectivity index (χ1v) is 8.78. The highest BCUT2D eigenvalue weighted by molar-refractivity contribution is 5.76. The predicted molar refractivity (Wildman–Crippen MR) is 95.4 cm³/mol. The Morgan fingerprint density at radius 2 is 1.71 bits per heavy atom. The molecule has 5 nitrogen and oxygen atoms in total. The standard InChI is InChI=1S/C19H29N3O2/c1-16(2)22(15-18-7-5-4-6-8-18)19(24)9-10-20-11-13-21(14-12-20)17(3)23/h4-8,16H,9-15H2,1-3H3. The van der Waals surface area contributed by atoms with Gasteiger partial charge in [-0.05, 0) is 19.4 Å². The summed E-state index contributed by atoms with van der Waals surface area (Å²) >= 11 is 0. The lowest BCUT2D eigenvalue weighted by Crippen LogP contribution is -2.49. The van der Waals surface area contributed by atoms with E-state index in [9.17, 15) is 9.59 Å². The average Bonchev–Trinajstić information content (AvgIpc) is 2.58. The number of hydrogen-bond acceptors (Lipinski definition) is 3. The van der Waals surface area contributed by atoms with Crippen molar-refractivity contribution in [3.8, 4) is 0 Å². The number of piperazine rings is 1. The predicted octanol–water partition coefficient (Wildman–Crippen LogP) is 1.98. The van der Waals surface area contributed by atoms with Crippen molar-refractivity contribution in [3.05, 3.63) is 35.9 Å². The molecule has 132 valence electrons. The third-order valence-electron chi connectivity index (χ3n) is 4.60. The molecule has 1 saturated heterocycles. The molecule has 24 heavy (non-hydrogen) atoms. The quantitative estimate of drug-likeness (QED) is 0.800. The molecule has 0 aliphatic carbocycles. The molecule has 0 aromatic heterocycles. The van der Waals surface area contributed by atoms with Gasteiger partial charge in [0, 0.05) is 58.7 Å². The number of benzene rings is 1. The van der Waals surface area contributed by atoms with E-state index >= 15 is 0 Å². The normalized spacial score (nSPS) is 15.6. The fraction of sp³-hybridized carbons (Fsp3) is 0.579. The maximum Gasteiger partial charge on any atom is 0.224 e. The van der Waals surface area contributed by atoms with Gasteiger partial charge in [-0.15, -0.1) is 0 Å². The van der Waals surface area contributed by atoms with Gasteiger partial charge in [0.2, 0.25) is 11.8 Å². The monoisotopic (exact) mass is 331 g/mol. The minimum Gasteiger partial charge on any atom is -0.340 e. The highest BCUT2D eigenvalue weighted by Gasteiger charge is 2.21. The van der Waals surface area contributed by atoms with Crippen molar-refractivity contribution in [2.24, 2.45) is 0 Å². The van der Waals surface area contributed by atoms with Gasteiger partial charge in [0.15, 0.2) is 0 Å². The zero-order chi connectivity index (χ0) is 17.5. The molecule has 0 atom stereocenters. The van der Waals surface area contributed by atoms with Gasteiger partial charge in [-0.25, -0.2) is 0 Å². The zero-order valence-corrected chi connectivity index (χ0v) is 15.1. The second-order valence-electron chi connectivity index (χ2n) is 6.70. The topological polar surface area (TPSA) is 43.9 Å². The molecule has 0 bridgehead atoms. The smallest absolute Gasteiger partial charge is 0.224 e. The summed E-state index contributed by atoms with van der Waals surface area (Å²) in [4.78, 5) is 30.1. The van der Waals surface area contributed by atoms with E-state index in [4.69, 9.17) is 0 Å². The van der Waals surface area contributed by atoms with Crippen LogP contribution in [0.5, 0.6) is 0 Å². The van der Waals surface area contributed by atoms with Crippen LogP contribution in [0.15, 0.2) is 30.3 Å². The summed E-state index contributed by atoms with van der Waals surface area (Å²) < 4.78 is 0. The van der Waals surface area contributed by atoms with Crippen LogP contribution in [0.3, 0.4) is 0 Å². The third kappa shape index (κ3) is 5.34. The zero-order valence-electron chi connectivity index (χ0n) is 15.1. The molecule has 0 saturated carbocycles. The van der Waals surface area contributed by atoms with Crippen LogP contribution in [0, 0.1) is 0 Å². The van der Waals surface area contributed by atoms with Gasteiger partial charge in [0.1, 0.15) is 0 Å². The van der Waals surface area contributed by atoms with Gasteiger partial charge in [0.25, 0.3) is 0 Å². The molecule has 1 fully saturated rings. The lowest BCUT2D eigenvalue weighted by Gasteiger charge is -2.34. The van der Waals surface area contributed by atoms with E-state index in [1.165, 1.54) is 0 Å². The molecular formula is C19H29N3O2. The van der Waals surface area contributed by atoms with Crippen molar-refractivity contribution >= 4 is 11.8 Å². The molecule has 0 radical (unpaired) electrons. The van der Waals surface area contributed by atoms with Crippen LogP contribution < -0.4 is 0 Å². The second-order valence-corrected chi connectivity index (χ2v) is 6.70. The van der Waals surface area contributed by atoms with Crippen molar-refractivity contribution < 1.29 is 9.59 Å². The highest BCUT2D eigenvalue weighted by Crippen LogP contribution is 2.11. The molecule has 0 N–H and O–H groups in total. The van der Waals surface area contributed by atoms with Crippen LogP contribution in [-0.4, -0.2) is 65.3 Å². The summed E-state index contributed by atoms with van der Waals surface area (Å²) in [5, 5.41) is 0. The molecule has 1 aliphatic rings. The van der Waals surface area contributed by atoms with Crippen LogP contribution in [0.25, 0.3) is 0 Å². The molecule has 5 heteroatoms. The van der Waals surface area contributed by atoms with Crippen molar-refractivity contribution in [3.63, 3.8) is 0 Å². The lowest BCUT2D eigenvalue weighted by molar-refractivity contribution is -0.135. The molecule has 1 aromatic rings. The summed E-state index contributed by atoms with van der Waals surface area (Å²) in [7, 11) is 0. The molecule has 1 heterocycles. The summed E-state index contributed by atoms with van der Waals surface area (Å²) in [6, 6.07) is 10.3. The second kappa shape index (κ2) is 8.83. The van der Waals surface area contributed by atoms with Gasteiger partial charge in [-0.3, -0.25) is 14.5 Å². The number of carbonyl (C=O) groups excluding carboxylic acids is 2. The number of nitrogens with zero attached hydrogens (tertiary/aromatic N) is 3. The number of amides is 2. The molecule has 0 spiro atoms. The number of hydrogen-bond donors (Lipinski definition) is 0. The van der Waals surface area contributed by atoms with Crippen LogP contribution in [0.1, 0.15) is 32.8 Å². The molecule has 2 amide bonds. The summed E-state index contributed by atoms with van der Waals surface area (Å²) in [6.07, 6.45) is 0.533. The molecule has 1 aromatic carbocycles. The van der Waals surface area contributed by atoms with E-state index in [0.717, 1.165) is 38.3 Å². The van der Waals surface area contributed by atoms with Crippen molar-refractivity contribution in [1.29, 1.82) is 0 Å². The van der Waals surface area contributed by atoms with Crippen molar-refractivity contribution in [1.82, 2.24) is 14.7 Å². The fourth-order valence-electron chi connectivity index (χ4n) is 3.02. The first-order chi connectivity index (χ1) is 11.5. The van der Waals surface area contributed by atoms with Gasteiger partial charge >= 0.3 is 0 Å². The van der Waals surface area contributed by atoms with Crippen molar-refractivity contribution in [2.75, 3.05) is 32.7 Å².